The summed E-state index contributed by atoms with van der Waals surface area (Å²) in [6.45, 7) is 7.11. The zero-order chi connectivity index (χ0) is 13.8. The predicted molar refractivity (Wildman–Crippen MR) is 82.6 cm³/mol. The Labute approximate surface area is 120 Å². The SMILES string of the molecule is O=P(c1ccccc1)(N1CCNCC1)N1CCNCC1. The molecular weight excluding hydrogens is 271 g/mol. The van der Waals surface area contributed by atoms with E-state index < -0.39 is 7.44 Å². The first-order valence-corrected chi connectivity index (χ1v) is 9.01. The van der Waals surface area contributed by atoms with Crippen molar-refractivity contribution in [3.63, 3.8) is 0 Å². The first-order chi connectivity index (χ1) is 9.82. The summed E-state index contributed by atoms with van der Waals surface area (Å²) in [5, 5.41) is 7.67. The maximum absolute atomic E-state index is 13.9. The average molecular weight is 294 g/mol. The van der Waals surface area contributed by atoms with Crippen LogP contribution < -0.4 is 15.9 Å². The number of hydrogen-bond acceptors (Lipinski definition) is 3. The van der Waals surface area contributed by atoms with Crippen molar-refractivity contribution in [2.45, 2.75) is 0 Å². The minimum atomic E-state index is -2.64. The molecule has 6 heteroatoms. The Balaban J connectivity index is 1.95. The van der Waals surface area contributed by atoms with Crippen molar-refractivity contribution in [1.82, 2.24) is 20.0 Å². The molecule has 2 heterocycles. The summed E-state index contributed by atoms with van der Waals surface area (Å²) in [6.07, 6.45) is 0. The molecule has 0 bridgehead atoms. The number of benzene rings is 1. The van der Waals surface area contributed by atoms with Crippen LogP contribution in [0.3, 0.4) is 0 Å². The highest BCUT2D eigenvalue weighted by atomic mass is 31.2. The molecule has 0 radical (unpaired) electrons. The third-order valence-corrected chi connectivity index (χ3v) is 7.35. The summed E-state index contributed by atoms with van der Waals surface area (Å²) >= 11 is 0. The van der Waals surface area contributed by atoms with Crippen LogP contribution >= 0.6 is 7.44 Å². The fraction of sp³-hybridized carbons (Fsp3) is 0.571. The van der Waals surface area contributed by atoms with Gasteiger partial charge >= 0.3 is 0 Å². The molecule has 2 aliphatic heterocycles. The molecule has 110 valence electrons. The van der Waals surface area contributed by atoms with Crippen molar-refractivity contribution in [1.29, 1.82) is 0 Å². The summed E-state index contributed by atoms with van der Waals surface area (Å²) in [5.41, 5.74) is 0. The molecule has 20 heavy (non-hydrogen) atoms. The number of rotatable bonds is 3. The highest BCUT2D eigenvalue weighted by Crippen LogP contribution is 2.52. The maximum Gasteiger partial charge on any atom is 0.245 e. The van der Waals surface area contributed by atoms with Crippen LogP contribution in [0.2, 0.25) is 0 Å². The van der Waals surface area contributed by atoms with Crippen LogP contribution in [0.1, 0.15) is 0 Å². The van der Waals surface area contributed by atoms with Crippen molar-refractivity contribution in [2.75, 3.05) is 52.4 Å². The molecular formula is C14H23N4OP. The molecule has 0 atom stereocenters. The maximum atomic E-state index is 13.9. The van der Waals surface area contributed by atoms with Gasteiger partial charge in [-0.1, -0.05) is 18.2 Å². The van der Waals surface area contributed by atoms with Crippen LogP contribution in [0, 0.1) is 0 Å². The Morgan fingerprint density at radius 1 is 0.800 bits per heavy atom. The molecule has 1 aromatic rings. The van der Waals surface area contributed by atoms with Gasteiger partial charge in [-0.3, -0.25) is 4.57 Å². The van der Waals surface area contributed by atoms with E-state index in [-0.39, 0.29) is 0 Å². The number of nitrogens with one attached hydrogen (secondary N) is 2. The molecule has 2 saturated heterocycles. The molecule has 0 unspecified atom stereocenters. The van der Waals surface area contributed by atoms with E-state index in [4.69, 9.17) is 0 Å². The lowest BCUT2D eigenvalue weighted by molar-refractivity contribution is 0.295. The molecule has 1 aromatic carbocycles. The minimum absolute atomic E-state index is 0.857. The number of nitrogens with zero attached hydrogens (tertiary/aromatic N) is 2. The molecule has 0 aromatic heterocycles. The second-order valence-corrected chi connectivity index (χ2v) is 8.02. The lowest BCUT2D eigenvalue weighted by Crippen LogP contribution is -2.50. The molecule has 0 spiro atoms. The number of hydrogen-bond donors (Lipinski definition) is 2. The van der Waals surface area contributed by atoms with Crippen molar-refractivity contribution in [3.8, 4) is 0 Å². The van der Waals surface area contributed by atoms with Crippen LogP contribution in [0.5, 0.6) is 0 Å². The normalized spacial score (nSPS) is 22.8. The van der Waals surface area contributed by atoms with Crippen LogP contribution in [-0.4, -0.2) is 61.7 Å². The summed E-state index contributed by atoms with van der Waals surface area (Å²) < 4.78 is 18.3. The van der Waals surface area contributed by atoms with Gasteiger partial charge in [-0.25, -0.2) is 9.34 Å². The summed E-state index contributed by atoms with van der Waals surface area (Å²) in [7, 11) is -2.64. The number of piperazine rings is 2. The molecule has 2 N–H and O–H groups in total. The fourth-order valence-electron chi connectivity index (χ4n) is 2.98. The summed E-state index contributed by atoms with van der Waals surface area (Å²) in [4.78, 5) is 0. The van der Waals surface area contributed by atoms with E-state index in [9.17, 15) is 4.57 Å². The van der Waals surface area contributed by atoms with Gasteiger partial charge in [-0.15, -0.1) is 0 Å². The van der Waals surface area contributed by atoms with E-state index in [1.807, 2.05) is 30.3 Å². The first-order valence-electron chi connectivity index (χ1n) is 7.40. The van der Waals surface area contributed by atoms with E-state index in [1.165, 1.54) is 0 Å². The van der Waals surface area contributed by atoms with E-state index in [1.54, 1.807) is 0 Å². The highest BCUT2D eigenvalue weighted by molar-refractivity contribution is 7.67. The topological polar surface area (TPSA) is 47.6 Å². The van der Waals surface area contributed by atoms with E-state index >= 15 is 0 Å². The molecule has 3 rings (SSSR count). The lowest BCUT2D eigenvalue weighted by Gasteiger charge is -2.42. The average Bonchev–Trinajstić information content (AvgIpc) is 2.56. The Bertz CT molecular complexity index is 447. The largest absolute Gasteiger partial charge is 0.314 e. The van der Waals surface area contributed by atoms with Gasteiger partial charge in [-0.05, 0) is 12.1 Å². The van der Waals surface area contributed by atoms with Crippen molar-refractivity contribution >= 4 is 12.7 Å². The van der Waals surface area contributed by atoms with E-state index in [0.29, 0.717) is 0 Å². The Morgan fingerprint density at radius 2 is 1.25 bits per heavy atom. The standard InChI is InChI=1S/C14H23N4OP/c19-20(14-4-2-1-3-5-14,17-10-6-15-7-11-17)18-12-8-16-9-13-18/h1-5,15-16H,6-13H2. The Hall–Kier alpha value is -0.710. The predicted octanol–water partition coefficient (Wildman–Crippen LogP) is 0.315. The smallest absolute Gasteiger partial charge is 0.245 e. The first kappa shape index (κ1) is 14.2. The molecule has 0 amide bonds. The second-order valence-electron chi connectivity index (χ2n) is 5.29. The van der Waals surface area contributed by atoms with Crippen LogP contribution in [0.25, 0.3) is 0 Å². The van der Waals surface area contributed by atoms with Gasteiger partial charge in [0.2, 0.25) is 7.44 Å². The van der Waals surface area contributed by atoms with E-state index in [0.717, 1.165) is 57.7 Å². The van der Waals surface area contributed by atoms with Gasteiger partial charge in [0.25, 0.3) is 0 Å². The summed E-state index contributed by atoms with van der Waals surface area (Å²) in [5.74, 6) is 0. The fourth-order valence-corrected chi connectivity index (χ4v) is 6.03. The minimum Gasteiger partial charge on any atom is -0.314 e. The molecule has 2 aliphatic rings. The van der Waals surface area contributed by atoms with Gasteiger partial charge < -0.3 is 10.6 Å². The molecule has 2 fully saturated rings. The monoisotopic (exact) mass is 294 g/mol. The van der Waals surface area contributed by atoms with Crippen molar-refractivity contribution in [2.24, 2.45) is 0 Å². The summed E-state index contributed by atoms with van der Waals surface area (Å²) in [6, 6.07) is 10.0. The van der Waals surface area contributed by atoms with Gasteiger partial charge in [0.1, 0.15) is 0 Å². The zero-order valence-corrected chi connectivity index (χ0v) is 12.7. The van der Waals surface area contributed by atoms with Crippen LogP contribution in [0.4, 0.5) is 0 Å². The second kappa shape index (κ2) is 6.37. The third-order valence-electron chi connectivity index (χ3n) is 4.05. The van der Waals surface area contributed by atoms with Gasteiger partial charge in [0.05, 0.1) is 0 Å². The van der Waals surface area contributed by atoms with Crippen molar-refractivity contribution < 1.29 is 4.57 Å². The molecule has 5 nitrogen and oxygen atoms in total. The molecule has 0 saturated carbocycles. The highest BCUT2D eigenvalue weighted by Gasteiger charge is 2.39. The van der Waals surface area contributed by atoms with Crippen LogP contribution in [-0.2, 0) is 4.57 Å². The van der Waals surface area contributed by atoms with Gasteiger partial charge in [0.15, 0.2) is 0 Å². The quantitative estimate of drug-likeness (QED) is 0.786. The van der Waals surface area contributed by atoms with Gasteiger partial charge in [-0.2, -0.15) is 0 Å². The van der Waals surface area contributed by atoms with Gasteiger partial charge in [0, 0.05) is 57.7 Å². The lowest BCUT2D eigenvalue weighted by atomic mass is 10.4. The third kappa shape index (κ3) is 2.69. The Morgan fingerprint density at radius 3 is 1.70 bits per heavy atom. The molecule has 0 aliphatic carbocycles. The zero-order valence-electron chi connectivity index (χ0n) is 11.8. The van der Waals surface area contributed by atoms with Crippen LogP contribution in [0.15, 0.2) is 30.3 Å². The van der Waals surface area contributed by atoms with E-state index in [2.05, 4.69) is 20.0 Å². The van der Waals surface area contributed by atoms with Crippen molar-refractivity contribution in [3.05, 3.63) is 30.3 Å². The Kier molecular flexibility index (Phi) is 4.54.